The Morgan fingerprint density at radius 1 is 0.647 bits per heavy atom. The number of rotatable bonds is 6. The van der Waals surface area contributed by atoms with Gasteiger partial charge in [-0.3, -0.25) is 0 Å². The van der Waals surface area contributed by atoms with Gasteiger partial charge in [-0.05, 0) is 38.1 Å². The highest BCUT2D eigenvalue weighted by Gasteiger charge is 2.48. The highest BCUT2D eigenvalue weighted by molar-refractivity contribution is 7.92. The highest BCUT2D eigenvalue weighted by Crippen LogP contribution is 2.37. The van der Waals surface area contributed by atoms with Gasteiger partial charge in [0.15, 0.2) is 10.7 Å². The first-order valence-electron chi connectivity index (χ1n) is 9.18. The molecule has 188 valence electrons. The number of hydrogen-bond donors (Lipinski definition) is 2. The van der Waals surface area contributed by atoms with Crippen molar-refractivity contribution in [1.29, 1.82) is 0 Å². The minimum absolute atomic E-state index is 0.250. The van der Waals surface area contributed by atoms with Crippen LogP contribution < -0.4 is 10.6 Å². The largest absolute Gasteiger partial charge is 0.317 e. The molecule has 0 aliphatic rings. The Balaban J connectivity index is 2.40. The van der Waals surface area contributed by atoms with E-state index in [1.807, 2.05) is 10.6 Å². The molecule has 15 heteroatoms. The molecule has 34 heavy (non-hydrogen) atoms. The third kappa shape index (κ3) is 7.20. The Kier molecular flexibility index (Phi) is 9.36. The van der Waals surface area contributed by atoms with E-state index < -0.39 is 44.0 Å². The molecule has 0 saturated heterocycles. The fourth-order valence-electron chi connectivity index (χ4n) is 2.68. The third-order valence-corrected chi connectivity index (χ3v) is 10.6. The highest BCUT2D eigenvalue weighted by atomic mass is 35.6. The van der Waals surface area contributed by atoms with E-state index in [9.17, 15) is 21.6 Å². The summed E-state index contributed by atoms with van der Waals surface area (Å²) >= 11 is 35.1. The molecular weight excluding hydrogens is 613 g/mol. The molecule has 0 aliphatic carbocycles. The summed E-state index contributed by atoms with van der Waals surface area (Å²) in [6, 6.07) is 9.72. The Hall–Kier alpha value is -0.650. The average Bonchev–Trinajstić information content (AvgIpc) is 2.69. The molecule has 0 aliphatic heterocycles. The first-order valence-corrected chi connectivity index (χ1v) is 14.5. The molecule has 7 nitrogen and oxygen atoms in total. The quantitative estimate of drug-likeness (QED) is 0.424. The van der Waals surface area contributed by atoms with Gasteiger partial charge in [0, 0.05) is 0 Å². The fraction of sp³-hybridized carbons (Fsp3) is 0.316. The van der Waals surface area contributed by atoms with Crippen molar-refractivity contribution in [3.05, 3.63) is 59.7 Å². The fourth-order valence-corrected chi connectivity index (χ4v) is 7.92. The molecule has 2 amide bonds. The topological polar surface area (TPSA) is 109 Å². The van der Waals surface area contributed by atoms with Gasteiger partial charge in [0.2, 0.25) is 27.3 Å². The van der Waals surface area contributed by atoms with Gasteiger partial charge in [-0.15, -0.1) is 0 Å². The molecule has 0 saturated carbocycles. The zero-order valence-corrected chi connectivity index (χ0v) is 23.6. The summed E-state index contributed by atoms with van der Waals surface area (Å²) in [5.41, 5.74) is 1.53. The Morgan fingerprint density at radius 3 is 1.15 bits per heavy atom. The van der Waals surface area contributed by atoms with Crippen molar-refractivity contribution >= 4 is 95.3 Å². The number of halogens is 6. The van der Waals surface area contributed by atoms with E-state index in [1.165, 1.54) is 48.5 Å². The summed E-state index contributed by atoms with van der Waals surface area (Å²) in [6.45, 7) is 3.47. The molecule has 0 aromatic heterocycles. The normalized spacial score (nSPS) is 14.8. The number of nitrogens with one attached hydrogen (secondary N) is 2. The maximum Gasteiger partial charge on any atom is 0.317 e. The molecule has 0 spiro atoms. The number of amides is 2. The lowest BCUT2D eigenvalue weighted by Gasteiger charge is -2.29. The van der Waals surface area contributed by atoms with E-state index in [1.54, 1.807) is 13.8 Å². The Labute approximate surface area is 227 Å². The smallest absolute Gasteiger partial charge is 0.317 e. The Bertz CT molecular complexity index is 1140. The minimum Gasteiger partial charge on any atom is -0.317 e. The minimum atomic E-state index is -4.45. The lowest BCUT2D eigenvalue weighted by molar-refractivity contribution is 0.238. The van der Waals surface area contributed by atoms with Gasteiger partial charge in [-0.2, -0.15) is 0 Å². The van der Waals surface area contributed by atoms with E-state index in [4.69, 9.17) is 69.6 Å². The van der Waals surface area contributed by atoms with E-state index in [0.29, 0.717) is 0 Å². The van der Waals surface area contributed by atoms with Crippen molar-refractivity contribution in [3.63, 3.8) is 0 Å². The van der Waals surface area contributed by atoms with Gasteiger partial charge in [-0.25, -0.2) is 21.6 Å². The number of sulfone groups is 2. The summed E-state index contributed by atoms with van der Waals surface area (Å²) in [5.74, 6) is 0. The van der Waals surface area contributed by atoms with Crippen molar-refractivity contribution < 1.29 is 21.6 Å². The van der Waals surface area contributed by atoms with Gasteiger partial charge >= 0.3 is 6.03 Å². The summed E-state index contributed by atoms with van der Waals surface area (Å²) in [6.07, 6.45) is 0. The van der Waals surface area contributed by atoms with Gasteiger partial charge < -0.3 is 10.6 Å². The number of benzene rings is 2. The van der Waals surface area contributed by atoms with Crippen molar-refractivity contribution in [1.82, 2.24) is 10.6 Å². The van der Waals surface area contributed by atoms with Gasteiger partial charge in [0.25, 0.3) is 0 Å². The number of aryl methyl sites for hydroxylation is 2. The molecule has 0 radical (unpaired) electrons. The van der Waals surface area contributed by atoms with Crippen LogP contribution in [0.15, 0.2) is 58.3 Å². The summed E-state index contributed by atoms with van der Waals surface area (Å²) in [4.78, 5) is 12.2. The molecule has 2 atom stereocenters. The van der Waals surface area contributed by atoms with Crippen molar-refractivity contribution in [2.75, 3.05) is 0 Å². The van der Waals surface area contributed by atoms with E-state index in [-0.39, 0.29) is 9.79 Å². The summed E-state index contributed by atoms with van der Waals surface area (Å²) in [5, 5.41) is -0.296. The molecule has 2 rings (SSSR count). The van der Waals surface area contributed by atoms with Crippen LogP contribution in [0.3, 0.4) is 0 Å². The molecule has 0 heterocycles. The van der Waals surface area contributed by atoms with Gasteiger partial charge in [-0.1, -0.05) is 105 Å². The standard InChI is InChI=1S/C19H18Cl6N2O5S2/c1-11-3-7-13(8-4-11)33(29,30)15(18(20,21)22)26-17(28)27-16(19(23,24)25)34(31,32)14-9-5-12(2)6-10-14/h3-10,15-16H,1-2H3,(H2,26,27,28)/t15-,16-/m1/s1. The molecule has 0 unspecified atom stereocenters. The van der Waals surface area contributed by atoms with Crippen LogP contribution in [-0.4, -0.2) is 41.2 Å². The summed E-state index contributed by atoms with van der Waals surface area (Å²) in [7, 11) is -8.90. The van der Waals surface area contributed by atoms with Crippen LogP contribution in [0.2, 0.25) is 0 Å². The molecule has 0 fully saturated rings. The third-order valence-electron chi connectivity index (χ3n) is 4.44. The van der Waals surface area contributed by atoms with Crippen molar-refractivity contribution in [3.8, 4) is 0 Å². The number of carbonyl (C=O) groups is 1. The molecule has 0 bridgehead atoms. The van der Waals surface area contributed by atoms with Crippen molar-refractivity contribution in [2.24, 2.45) is 0 Å². The SMILES string of the molecule is Cc1ccc(S(=O)(=O)[C@@H](NC(=O)N[C@@H](C(Cl)(Cl)Cl)S(=O)(=O)c2ccc(C)cc2)C(Cl)(Cl)Cl)cc1. The number of hydrogen-bond acceptors (Lipinski definition) is 5. The van der Waals surface area contributed by atoms with Gasteiger partial charge in [0.1, 0.15) is 0 Å². The van der Waals surface area contributed by atoms with Crippen LogP contribution in [-0.2, 0) is 19.7 Å². The lowest BCUT2D eigenvalue weighted by Crippen LogP contribution is -2.57. The number of urea groups is 1. The second-order valence-electron chi connectivity index (χ2n) is 7.18. The van der Waals surface area contributed by atoms with Crippen LogP contribution in [0.5, 0.6) is 0 Å². The zero-order chi connectivity index (χ0) is 26.1. The molecule has 2 N–H and O–H groups in total. The van der Waals surface area contributed by atoms with Crippen LogP contribution in [0, 0.1) is 13.8 Å². The number of alkyl halides is 6. The van der Waals surface area contributed by atoms with Gasteiger partial charge in [0.05, 0.1) is 9.79 Å². The predicted octanol–water partition coefficient (Wildman–Crippen LogP) is 5.24. The van der Waals surface area contributed by atoms with Crippen LogP contribution in [0.25, 0.3) is 0 Å². The first-order chi connectivity index (χ1) is 15.4. The van der Waals surface area contributed by atoms with Crippen LogP contribution in [0.1, 0.15) is 11.1 Å². The predicted molar refractivity (Wildman–Crippen MR) is 137 cm³/mol. The first kappa shape index (κ1) is 29.6. The molecule has 2 aromatic carbocycles. The lowest BCUT2D eigenvalue weighted by atomic mass is 10.2. The van der Waals surface area contributed by atoms with Crippen molar-refractivity contribution in [2.45, 2.75) is 42.0 Å². The molecular formula is C19H18Cl6N2O5S2. The second-order valence-corrected chi connectivity index (χ2v) is 16.0. The summed E-state index contributed by atoms with van der Waals surface area (Å²) < 4.78 is 47.2. The van der Waals surface area contributed by atoms with E-state index in [0.717, 1.165) is 11.1 Å². The maximum atomic E-state index is 13.1. The second kappa shape index (κ2) is 10.8. The van der Waals surface area contributed by atoms with Crippen LogP contribution >= 0.6 is 69.6 Å². The Morgan fingerprint density at radius 2 is 0.912 bits per heavy atom. The average molecular weight is 631 g/mol. The maximum absolute atomic E-state index is 13.1. The monoisotopic (exact) mass is 628 g/mol. The molecule has 2 aromatic rings. The van der Waals surface area contributed by atoms with Crippen LogP contribution in [0.4, 0.5) is 4.79 Å². The van der Waals surface area contributed by atoms with E-state index in [2.05, 4.69) is 0 Å². The van der Waals surface area contributed by atoms with E-state index >= 15 is 0 Å². The zero-order valence-electron chi connectivity index (χ0n) is 17.4. The number of carbonyl (C=O) groups excluding carboxylic acids is 1.